The van der Waals surface area contributed by atoms with Crippen LogP contribution in [0.2, 0.25) is 0 Å². The van der Waals surface area contributed by atoms with E-state index in [4.69, 9.17) is 4.74 Å². The fourth-order valence-electron chi connectivity index (χ4n) is 2.87. The highest BCUT2D eigenvalue weighted by atomic mass is 16.5. The van der Waals surface area contributed by atoms with Crippen molar-refractivity contribution < 1.29 is 19.4 Å². The zero-order chi connectivity index (χ0) is 16.3. The minimum absolute atomic E-state index is 0.00868. The van der Waals surface area contributed by atoms with E-state index in [0.717, 1.165) is 0 Å². The molecule has 1 amide bonds. The molecule has 1 saturated heterocycles. The quantitative estimate of drug-likeness (QED) is 0.928. The smallest absolute Gasteiger partial charge is 0.306 e. The number of nitrogens with zero attached hydrogens (tertiary/aromatic N) is 1. The number of hydrogen-bond acceptors (Lipinski definition) is 3. The first-order valence-electron chi connectivity index (χ1n) is 7.68. The van der Waals surface area contributed by atoms with Gasteiger partial charge in [-0.2, -0.15) is 0 Å². The SMILES string of the molecule is CC(C)Oc1ccccc1C(=O)N1CCC(C(=O)O)C(C)C1. The fraction of sp³-hybridized carbons (Fsp3) is 0.529. The Labute approximate surface area is 130 Å². The maximum atomic E-state index is 12.7. The van der Waals surface area contributed by atoms with Gasteiger partial charge in [0.05, 0.1) is 17.6 Å². The summed E-state index contributed by atoms with van der Waals surface area (Å²) in [5.74, 6) is -0.704. The number of carbonyl (C=O) groups is 2. The Morgan fingerprint density at radius 2 is 2.00 bits per heavy atom. The summed E-state index contributed by atoms with van der Waals surface area (Å²) in [6.07, 6.45) is 0.487. The number of likely N-dealkylation sites (tertiary alicyclic amines) is 1. The van der Waals surface area contributed by atoms with Gasteiger partial charge in [-0.15, -0.1) is 0 Å². The molecular formula is C17H23NO4. The van der Waals surface area contributed by atoms with E-state index in [0.29, 0.717) is 30.8 Å². The number of carboxylic acid groups (broad SMARTS) is 1. The molecule has 2 atom stereocenters. The zero-order valence-electron chi connectivity index (χ0n) is 13.3. The lowest BCUT2D eigenvalue weighted by Crippen LogP contribution is -2.45. The van der Waals surface area contributed by atoms with Crippen molar-refractivity contribution in [2.45, 2.75) is 33.3 Å². The molecule has 1 aromatic carbocycles. The second kappa shape index (κ2) is 6.81. The summed E-state index contributed by atoms with van der Waals surface area (Å²) >= 11 is 0. The summed E-state index contributed by atoms with van der Waals surface area (Å²) in [7, 11) is 0. The van der Waals surface area contributed by atoms with Crippen molar-refractivity contribution in [3.8, 4) is 5.75 Å². The van der Waals surface area contributed by atoms with Crippen LogP contribution in [0.1, 0.15) is 37.6 Å². The van der Waals surface area contributed by atoms with Crippen LogP contribution in [-0.2, 0) is 4.79 Å². The van der Waals surface area contributed by atoms with Gasteiger partial charge in [-0.25, -0.2) is 0 Å². The molecule has 1 aliphatic rings. The van der Waals surface area contributed by atoms with E-state index < -0.39 is 5.97 Å². The first kappa shape index (κ1) is 16.3. The molecule has 120 valence electrons. The van der Waals surface area contributed by atoms with Crippen molar-refractivity contribution in [3.63, 3.8) is 0 Å². The monoisotopic (exact) mass is 305 g/mol. The van der Waals surface area contributed by atoms with Crippen LogP contribution in [0.5, 0.6) is 5.75 Å². The largest absolute Gasteiger partial charge is 0.490 e. The fourth-order valence-corrected chi connectivity index (χ4v) is 2.87. The molecule has 1 aromatic rings. The van der Waals surface area contributed by atoms with Crippen LogP contribution in [0.4, 0.5) is 0 Å². The van der Waals surface area contributed by atoms with E-state index in [1.807, 2.05) is 32.9 Å². The number of ether oxygens (including phenoxy) is 1. The third kappa shape index (κ3) is 3.59. The van der Waals surface area contributed by atoms with Gasteiger partial charge in [0.25, 0.3) is 5.91 Å². The minimum atomic E-state index is -0.775. The van der Waals surface area contributed by atoms with Crippen LogP contribution in [0.25, 0.3) is 0 Å². The van der Waals surface area contributed by atoms with E-state index in [9.17, 15) is 14.7 Å². The third-order valence-electron chi connectivity index (χ3n) is 3.99. The van der Waals surface area contributed by atoms with Crippen molar-refractivity contribution in [1.29, 1.82) is 0 Å². The maximum Gasteiger partial charge on any atom is 0.306 e. The lowest BCUT2D eigenvalue weighted by molar-refractivity contribution is -0.145. The van der Waals surface area contributed by atoms with Gasteiger partial charge in [-0.1, -0.05) is 19.1 Å². The molecule has 0 aliphatic carbocycles. The molecule has 0 spiro atoms. The molecule has 1 heterocycles. The average molecular weight is 305 g/mol. The van der Waals surface area contributed by atoms with Gasteiger partial charge in [0.1, 0.15) is 5.75 Å². The summed E-state index contributed by atoms with van der Waals surface area (Å²) in [5.41, 5.74) is 0.539. The van der Waals surface area contributed by atoms with Crippen LogP contribution in [0, 0.1) is 11.8 Å². The standard InChI is InChI=1S/C17H23NO4/c1-11(2)22-15-7-5-4-6-14(15)16(19)18-9-8-13(17(20)21)12(3)10-18/h4-7,11-13H,8-10H2,1-3H3,(H,20,21). The van der Waals surface area contributed by atoms with Crippen LogP contribution in [0.3, 0.4) is 0 Å². The van der Waals surface area contributed by atoms with Crippen molar-refractivity contribution in [2.24, 2.45) is 11.8 Å². The van der Waals surface area contributed by atoms with Gasteiger partial charge in [0.15, 0.2) is 0 Å². The number of benzene rings is 1. The predicted molar refractivity (Wildman–Crippen MR) is 83.0 cm³/mol. The van der Waals surface area contributed by atoms with E-state index >= 15 is 0 Å². The van der Waals surface area contributed by atoms with E-state index in [2.05, 4.69) is 0 Å². The Morgan fingerprint density at radius 3 is 2.59 bits per heavy atom. The van der Waals surface area contributed by atoms with E-state index in [1.54, 1.807) is 17.0 Å². The van der Waals surface area contributed by atoms with E-state index in [-0.39, 0.29) is 23.8 Å². The lowest BCUT2D eigenvalue weighted by atomic mass is 9.87. The first-order chi connectivity index (χ1) is 10.4. The molecule has 2 rings (SSSR count). The minimum Gasteiger partial charge on any atom is -0.490 e. The normalized spacial score (nSPS) is 21.7. The lowest BCUT2D eigenvalue weighted by Gasteiger charge is -2.35. The van der Waals surface area contributed by atoms with Crippen LogP contribution in [0.15, 0.2) is 24.3 Å². The Kier molecular flexibility index (Phi) is 5.06. The predicted octanol–water partition coefficient (Wildman–Crippen LogP) is 2.66. The van der Waals surface area contributed by atoms with Crippen LogP contribution in [-0.4, -0.2) is 41.1 Å². The highest BCUT2D eigenvalue weighted by Crippen LogP contribution is 2.27. The molecule has 0 radical (unpaired) electrons. The molecule has 5 heteroatoms. The zero-order valence-corrected chi connectivity index (χ0v) is 13.3. The topological polar surface area (TPSA) is 66.8 Å². The van der Waals surface area contributed by atoms with Gasteiger partial charge >= 0.3 is 5.97 Å². The first-order valence-corrected chi connectivity index (χ1v) is 7.68. The Balaban J connectivity index is 2.14. The second-order valence-corrected chi connectivity index (χ2v) is 6.12. The molecule has 0 saturated carbocycles. The van der Waals surface area contributed by atoms with Crippen molar-refractivity contribution in [1.82, 2.24) is 4.90 Å². The van der Waals surface area contributed by atoms with Gasteiger partial charge in [0, 0.05) is 13.1 Å². The van der Waals surface area contributed by atoms with Crippen LogP contribution >= 0.6 is 0 Å². The highest BCUT2D eigenvalue weighted by Gasteiger charge is 2.33. The van der Waals surface area contributed by atoms with Gasteiger partial charge in [-0.05, 0) is 38.3 Å². The molecule has 0 bridgehead atoms. The number of hydrogen-bond donors (Lipinski definition) is 1. The number of rotatable bonds is 4. The van der Waals surface area contributed by atoms with Gasteiger partial charge in [0.2, 0.25) is 0 Å². The number of aliphatic carboxylic acids is 1. The molecule has 22 heavy (non-hydrogen) atoms. The average Bonchev–Trinajstić information content (AvgIpc) is 2.46. The number of para-hydroxylation sites is 1. The molecular weight excluding hydrogens is 282 g/mol. The summed E-state index contributed by atoms with van der Waals surface area (Å²) < 4.78 is 5.70. The molecule has 1 aliphatic heterocycles. The molecule has 2 unspecified atom stereocenters. The summed E-state index contributed by atoms with van der Waals surface area (Å²) in [5, 5.41) is 9.17. The Bertz CT molecular complexity index is 555. The van der Waals surface area contributed by atoms with Crippen molar-refractivity contribution in [2.75, 3.05) is 13.1 Å². The number of piperidine rings is 1. The molecule has 0 aromatic heterocycles. The van der Waals surface area contributed by atoms with Crippen molar-refractivity contribution >= 4 is 11.9 Å². The molecule has 5 nitrogen and oxygen atoms in total. The Morgan fingerprint density at radius 1 is 1.32 bits per heavy atom. The molecule has 1 fully saturated rings. The van der Waals surface area contributed by atoms with Gasteiger partial charge in [-0.3, -0.25) is 9.59 Å². The summed E-state index contributed by atoms with van der Waals surface area (Å²) in [6, 6.07) is 7.20. The molecule has 1 N–H and O–H groups in total. The Hall–Kier alpha value is -2.04. The van der Waals surface area contributed by atoms with E-state index in [1.165, 1.54) is 0 Å². The summed E-state index contributed by atoms with van der Waals surface area (Å²) in [4.78, 5) is 25.6. The van der Waals surface area contributed by atoms with Crippen LogP contribution < -0.4 is 4.74 Å². The van der Waals surface area contributed by atoms with Crippen molar-refractivity contribution in [3.05, 3.63) is 29.8 Å². The number of carboxylic acids is 1. The second-order valence-electron chi connectivity index (χ2n) is 6.12. The van der Waals surface area contributed by atoms with Gasteiger partial charge < -0.3 is 14.7 Å². The number of amides is 1. The highest BCUT2D eigenvalue weighted by molar-refractivity contribution is 5.97. The third-order valence-corrected chi connectivity index (χ3v) is 3.99. The maximum absolute atomic E-state index is 12.7. The number of carbonyl (C=O) groups excluding carboxylic acids is 1. The summed E-state index contributed by atoms with van der Waals surface area (Å²) in [6.45, 7) is 6.65.